The van der Waals surface area contributed by atoms with E-state index in [1.54, 1.807) is 12.1 Å². The first kappa shape index (κ1) is 15.1. The van der Waals surface area contributed by atoms with Crippen molar-refractivity contribution in [3.63, 3.8) is 0 Å². The molecular formula is C11H13ClN4O3. The number of carboxylic acid groups (broad SMARTS) is 1. The number of halogens is 1. The summed E-state index contributed by atoms with van der Waals surface area (Å²) in [5.41, 5.74) is 8.63. The third kappa shape index (κ3) is 4.33. The van der Waals surface area contributed by atoms with Crippen molar-refractivity contribution in [2.45, 2.75) is 6.04 Å². The van der Waals surface area contributed by atoms with E-state index >= 15 is 0 Å². The zero-order valence-electron chi connectivity index (χ0n) is 10.2. The fourth-order valence-corrected chi connectivity index (χ4v) is 1.78. The summed E-state index contributed by atoms with van der Waals surface area (Å²) in [5.74, 6) is -0.564. The fourth-order valence-electron chi connectivity index (χ4n) is 1.51. The first-order chi connectivity index (χ1) is 9.10. The van der Waals surface area contributed by atoms with Crippen LogP contribution in [0.5, 0.6) is 5.75 Å². The normalized spacial score (nSPS) is 11.5. The molecule has 0 aromatic heterocycles. The molecule has 7 nitrogen and oxygen atoms in total. The number of aliphatic carboxylic acids is 1. The molecule has 1 aromatic rings. The first-order valence-electron chi connectivity index (χ1n) is 5.40. The van der Waals surface area contributed by atoms with Gasteiger partial charge in [0.25, 0.3) is 0 Å². The van der Waals surface area contributed by atoms with Crippen molar-refractivity contribution in [1.82, 2.24) is 5.32 Å². The highest BCUT2D eigenvalue weighted by molar-refractivity contribution is 6.32. The van der Waals surface area contributed by atoms with E-state index in [2.05, 4.69) is 15.3 Å². The second-order valence-electron chi connectivity index (χ2n) is 3.57. The van der Waals surface area contributed by atoms with Gasteiger partial charge in [-0.15, -0.1) is 0 Å². The Labute approximate surface area is 114 Å². The molecule has 0 radical (unpaired) electrons. The Kier molecular flexibility index (Phi) is 5.95. The van der Waals surface area contributed by atoms with Crippen molar-refractivity contribution < 1.29 is 14.6 Å². The lowest BCUT2D eigenvalue weighted by atomic mass is 10.1. The lowest BCUT2D eigenvalue weighted by Gasteiger charge is -2.15. The van der Waals surface area contributed by atoms with Crippen LogP contribution in [0.4, 0.5) is 0 Å². The molecule has 102 valence electrons. The third-order valence-corrected chi connectivity index (χ3v) is 2.68. The lowest BCUT2D eigenvalue weighted by molar-refractivity contribution is -0.139. The molecule has 0 aliphatic rings. The second-order valence-corrected chi connectivity index (χ2v) is 3.98. The average molecular weight is 285 g/mol. The average Bonchev–Trinajstić information content (AvgIpc) is 2.38. The Bertz CT molecular complexity index is 503. The predicted octanol–water partition coefficient (Wildman–Crippen LogP) is 2.37. The van der Waals surface area contributed by atoms with Crippen LogP contribution in [0.2, 0.25) is 5.02 Å². The van der Waals surface area contributed by atoms with Gasteiger partial charge in [-0.2, -0.15) is 0 Å². The van der Waals surface area contributed by atoms with Gasteiger partial charge in [-0.3, -0.25) is 4.79 Å². The minimum absolute atomic E-state index is 0.171. The monoisotopic (exact) mass is 284 g/mol. The predicted molar refractivity (Wildman–Crippen MR) is 70.4 cm³/mol. The third-order valence-electron chi connectivity index (χ3n) is 2.38. The Hall–Kier alpha value is -1.95. The van der Waals surface area contributed by atoms with Crippen LogP contribution in [0.15, 0.2) is 23.3 Å². The summed E-state index contributed by atoms with van der Waals surface area (Å²) in [6.07, 6.45) is 0. The molecule has 0 fully saturated rings. The largest absolute Gasteiger partial charge is 0.495 e. The van der Waals surface area contributed by atoms with Crippen LogP contribution in [-0.4, -0.2) is 31.3 Å². The van der Waals surface area contributed by atoms with E-state index in [4.69, 9.17) is 27.0 Å². The van der Waals surface area contributed by atoms with Crippen LogP contribution in [0, 0.1) is 0 Å². The molecule has 19 heavy (non-hydrogen) atoms. The molecule has 0 bridgehead atoms. The van der Waals surface area contributed by atoms with Gasteiger partial charge < -0.3 is 15.2 Å². The van der Waals surface area contributed by atoms with Crippen molar-refractivity contribution in [1.29, 1.82) is 0 Å². The number of nitrogens with zero attached hydrogens (tertiary/aromatic N) is 3. The maximum absolute atomic E-state index is 11.2. The van der Waals surface area contributed by atoms with Crippen molar-refractivity contribution >= 4 is 17.6 Å². The van der Waals surface area contributed by atoms with Gasteiger partial charge in [-0.25, -0.2) is 0 Å². The van der Waals surface area contributed by atoms with E-state index in [-0.39, 0.29) is 13.1 Å². The first-order valence-corrected chi connectivity index (χ1v) is 5.78. The van der Waals surface area contributed by atoms with Crippen molar-refractivity contribution in [3.05, 3.63) is 39.2 Å². The number of methoxy groups -OCH3 is 1. The highest BCUT2D eigenvalue weighted by Crippen LogP contribution is 2.27. The molecule has 1 atom stereocenters. The van der Waals surface area contributed by atoms with E-state index in [1.807, 2.05) is 0 Å². The van der Waals surface area contributed by atoms with Gasteiger partial charge in [0.05, 0.1) is 12.1 Å². The number of nitrogens with one attached hydrogen (secondary N) is 1. The highest BCUT2D eigenvalue weighted by Gasteiger charge is 2.19. The van der Waals surface area contributed by atoms with Gasteiger partial charge in [0.2, 0.25) is 0 Å². The standard InChI is InChI=1S/C11H13ClN4O3/c1-19-9-3-2-7(6-8(9)12)10(11(17)18)14-4-5-15-16-13/h2-3,6,10,14H,4-5H2,1H3,(H,17,18). The number of benzene rings is 1. The van der Waals surface area contributed by atoms with Crippen LogP contribution in [0.1, 0.15) is 11.6 Å². The Balaban J connectivity index is 2.83. The van der Waals surface area contributed by atoms with Crippen LogP contribution in [0.25, 0.3) is 10.4 Å². The summed E-state index contributed by atoms with van der Waals surface area (Å²) in [6.45, 7) is 0.425. The molecule has 0 aliphatic heterocycles. The zero-order chi connectivity index (χ0) is 14.3. The van der Waals surface area contributed by atoms with Crippen LogP contribution in [0.3, 0.4) is 0 Å². The summed E-state index contributed by atoms with van der Waals surface area (Å²) in [6, 6.07) is 3.82. The van der Waals surface area contributed by atoms with E-state index in [1.165, 1.54) is 13.2 Å². The quantitative estimate of drug-likeness (QED) is 0.347. The van der Waals surface area contributed by atoms with Gasteiger partial charge >= 0.3 is 5.97 Å². The van der Waals surface area contributed by atoms with E-state index < -0.39 is 12.0 Å². The minimum Gasteiger partial charge on any atom is -0.495 e. The molecule has 1 rings (SSSR count). The molecule has 0 aliphatic carbocycles. The van der Waals surface area contributed by atoms with Crippen LogP contribution < -0.4 is 10.1 Å². The van der Waals surface area contributed by atoms with E-state index in [0.29, 0.717) is 16.3 Å². The smallest absolute Gasteiger partial charge is 0.325 e. The Morgan fingerprint density at radius 3 is 2.95 bits per heavy atom. The molecule has 0 saturated carbocycles. The van der Waals surface area contributed by atoms with Crippen molar-refractivity contribution in [2.24, 2.45) is 5.11 Å². The van der Waals surface area contributed by atoms with Gasteiger partial charge in [0, 0.05) is 18.0 Å². The molecule has 0 saturated heterocycles. The molecule has 0 spiro atoms. The van der Waals surface area contributed by atoms with Gasteiger partial charge in [0.15, 0.2) is 0 Å². The molecular weight excluding hydrogens is 272 g/mol. The Morgan fingerprint density at radius 2 is 2.42 bits per heavy atom. The van der Waals surface area contributed by atoms with Crippen molar-refractivity contribution in [2.75, 3.05) is 20.2 Å². The number of carboxylic acids is 1. The van der Waals surface area contributed by atoms with Gasteiger partial charge in [0.1, 0.15) is 11.8 Å². The van der Waals surface area contributed by atoms with Gasteiger partial charge in [-0.1, -0.05) is 22.8 Å². The minimum atomic E-state index is -1.04. The second kappa shape index (κ2) is 7.48. The lowest BCUT2D eigenvalue weighted by Crippen LogP contribution is -2.30. The van der Waals surface area contributed by atoms with E-state index in [9.17, 15) is 4.79 Å². The van der Waals surface area contributed by atoms with Crippen molar-refractivity contribution in [3.8, 4) is 5.75 Å². The summed E-state index contributed by atoms with van der Waals surface area (Å²) in [7, 11) is 1.48. The summed E-state index contributed by atoms with van der Waals surface area (Å²) < 4.78 is 5.00. The molecule has 2 N–H and O–H groups in total. The topological polar surface area (TPSA) is 107 Å². The van der Waals surface area contributed by atoms with Gasteiger partial charge in [-0.05, 0) is 23.2 Å². The molecule has 1 unspecified atom stereocenters. The maximum atomic E-state index is 11.2. The maximum Gasteiger partial charge on any atom is 0.325 e. The summed E-state index contributed by atoms with van der Waals surface area (Å²) in [5, 5.41) is 15.6. The molecule has 0 heterocycles. The fraction of sp³-hybridized carbons (Fsp3) is 0.364. The number of ether oxygens (including phenoxy) is 1. The Morgan fingerprint density at radius 1 is 1.68 bits per heavy atom. The summed E-state index contributed by atoms with van der Waals surface area (Å²) >= 11 is 5.95. The number of azide groups is 1. The number of rotatable bonds is 7. The summed E-state index contributed by atoms with van der Waals surface area (Å²) in [4.78, 5) is 13.8. The molecule has 0 amide bonds. The number of hydrogen-bond donors (Lipinski definition) is 2. The number of carbonyl (C=O) groups is 1. The zero-order valence-corrected chi connectivity index (χ0v) is 11.0. The van der Waals surface area contributed by atoms with Crippen LogP contribution >= 0.6 is 11.6 Å². The SMILES string of the molecule is COc1ccc(C(NCCN=[N+]=[N-])C(=O)O)cc1Cl. The number of hydrogen-bond acceptors (Lipinski definition) is 4. The van der Waals surface area contributed by atoms with Crippen LogP contribution in [-0.2, 0) is 4.79 Å². The molecule has 1 aromatic carbocycles. The molecule has 8 heteroatoms. The highest BCUT2D eigenvalue weighted by atomic mass is 35.5. The van der Waals surface area contributed by atoms with E-state index in [0.717, 1.165) is 0 Å².